The summed E-state index contributed by atoms with van der Waals surface area (Å²) in [6.45, 7) is 5.08. The number of ether oxygens (including phenoxy) is 1. The predicted octanol–water partition coefficient (Wildman–Crippen LogP) is 2.73. The Bertz CT molecular complexity index is 560. The van der Waals surface area contributed by atoms with Gasteiger partial charge in [0.2, 0.25) is 0 Å². The van der Waals surface area contributed by atoms with Crippen LogP contribution in [0.3, 0.4) is 0 Å². The molecule has 140 valence electrons. The van der Waals surface area contributed by atoms with E-state index in [0.717, 1.165) is 50.3 Å². The number of alkyl halides is 3. The molecule has 0 unspecified atom stereocenters. The van der Waals surface area contributed by atoms with E-state index >= 15 is 0 Å². The number of piperazine rings is 1. The van der Waals surface area contributed by atoms with Gasteiger partial charge in [0.05, 0.1) is 5.56 Å². The molecular weight excluding hydrogens is 351 g/mol. The molecule has 0 saturated carbocycles. The van der Waals surface area contributed by atoms with Crippen molar-refractivity contribution in [1.82, 2.24) is 15.1 Å². The van der Waals surface area contributed by atoms with Crippen molar-refractivity contribution in [2.45, 2.75) is 19.1 Å². The Labute approximate surface area is 151 Å². The molecule has 1 saturated heterocycles. The van der Waals surface area contributed by atoms with E-state index in [1.807, 2.05) is 0 Å². The first-order valence-corrected chi connectivity index (χ1v) is 8.71. The van der Waals surface area contributed by atoms with Gasteiger partial charge in [-0.05, 0) is 30.3 Å². The highest BCUT2D eigenvalue weighted by Gasteiger charge is 2.30. The molecule has 4 nitrogen and oxygen atoms in total. The number of thiocarbonyl (C=S) groups is 1. The molecule has 1 fully saturated rings. The number of hydrogen-bond acceptors (Lipinski definition) is 3. The highest BCUT2D eigenvalue weighted by Crippen LogP contribution is 2.29. The molecule has 25 heavy (non-hydrogen) atoms. The van der Waals surface area contributed by atoms with Gasteiger partial charge < -0.3 is 15.0 Å². The Hall–Kier alpha value is -1.38. The van der Waals surface area contributed by atoms with Crippen molar-refractivity contribution >= 4 is 17.3 Å². The maximum Gasteiger partial charge on any atom is 0.416 e. The number of methoxy groups -OCH3 is 1. The van der Waals surface area contributed by atoms with Gasteiger partial charge in [0.25, 0.3) is 0 Å². The van der Waals surface area contributed by atoms with Gasteiger partial charge in [-0.2, -0.15) is 13.2 Å². The molecule has 1 aliphatic rings. The van der Waals surface area contributed by atoms with E-state index in [4.69, 9.17) is 17.0 Å². The van der Waals surface area contributed by atoms with Crippen LogP contribution in [0.25, 0.3) is 0 Å². The minimum absolute atomic E-state index is 0.520. The number of benzene rings is 1. The summed E-state index contributed by atoms with van der Waals surface area (Å²) in [4.78, 5) is 4.25. The Kier molecular flexibility index (Phi) is 7.46. The lowest BCUT2D eigenvalue weighted by atomic mass is 10.1. The van der Waals surface area contributed by atoms with E-state index in [1.54, 1.807) is 13.2 Å². The average molecular weight is 375 g/mol. The lowest BCUT2D eigenvalue weighted by Crippen LogP contribution is -2.51. The van der Waals surface area contributed by atoms with Crippen LogP contribution in [0.2, 0.25) is 0 Å². The van der Waals surface area contributed by atoms with Crippen LogP contribution >= 0.6 is 12.2 Å². The summed E-state index contributed by atoms with van der Waals surface area (Å²) >= 11 is 5.38. The molecule has 1 heterocycles. The molecule has 0 bridgehead atoms. The molecule has 1 aliphatic heterocycles. The summed E-state index contributed by atoms with van der Waals surface area (Å²) in [5, 5.41) is 3.94. The molecule has 0 spiro atoms. The van der Waals surface area contributed by atoms with Crippen LogP contribution in [0.5, 0.6) is 0 Å². The number of hydrogen-bond donors (Lipinski definition) is 1. The SMILES string of the molecule is COCCCNC(=S)N1CCN(Cc2cccc(C(F)(F)F)c2)CC1. The fourth-order valence-electron chi connectivity index (χ4n) is 2.74. The summed E-state index contributed by atoms with van der Waals surface area (Å²) in [6.07, 6.45) is -3.40. The Morgan fingerprint density at radius 2 is 1.96 bits per heavy atom. The fourth-order valence-corrected chi connectivity index (χ4v) is 3.02. The van der Waals surface area contributed by atoms with E-state index in [-0.39, 0.29) is 0 Å². The third kappa shape index (κ3) is 6.45. The molecule has 0 amide bonds. The highest BCUT2D eigenvalue weighted by molar-refractivity contribution is 7.80. The van der Waals surface area contributed by atoms with E-state index in [1.165, 1.54) is 12.1 Å². The average Bonchev–Trinajstić information content (AvgIpc) is 2.59. The third-order valence-corrected chi connectivity index (χ3v) is 4.52. The molecule has 0 aromatic heterocycles. The molecule has 1 N–H and O–H groups in total. The molecule has 0 aliphatic carbocycles. The number of rotatable bonds is 6. The van der Waals surface area contributed by atoms with Gasteiger partial charge >= 0.3 is 6.18 Å². The summed E-state index contributed by atoms with van der Waals surface area (Å²) in [5.41, 5.74) is 0.0913. The fraction of sp³-hybridized carbons (Fsp3) is 0.588. The Morgan fingerprint density at radius 1 is 1.24 bits per heavy atom. The summed E-state index contributed by atoms with van der Waals surface area (Å²) in [6, 6.07) is 5.54. The molecule has 0 radical (unpaired) electrons. The van der Waals surface area contributed by atoms with Crippen LogP contribution in [-0.4, -0.2) is 61.4 Å². The van der Waals surface area contributed by atoms with Crippen molar-refractivity contribution in [1.29, 1.82) is 0 Å². The van der Waals surface area contributed by atoms with Crippen LogP contribution in [0.15, 0.2) is 24.3 Å². The number of halogens is 3. The van der Waals surface area contributed by atoms with Gasteiger partial charge in [-0.25, -0.2) is 0 Å². The summed E-state index contributed by atoms with van der Waals surface area (Å²) < 4.78 is 43.4. The van der Waals surface area contributed by atoms with E-state index in [0.29, 0.717) is 18.7 Å². The van der Waals surface area contributed by atoms with Crippen molar-refractivity contribution in [2.75, 3.05) is 46.4 Å². The highest BCUT2D eigenvalue weighted by atomic mass is 32.1. The quantitative estimate of drug-likeness (QED) is 0.610. The first-order chi connectivity index (χ1) is 11.9. The van der Waals surface area contributed by atoms with Gasteiger partial charge in [-0.3, -0.25) is 4.90 Å². The standard InChI is InChI=1S/C17H24F3N3OS/c1-24-11-3-6-21-16(25)23-9-7-22(8-10-23)13-14-4-2-5-15(12-14)17(18,19)20/h2,4-5,12H,3,6-11,13H2,1H3,(H,21,25). The van der Waals surface area contributed by atoms with Crippen molar-refractivity contribution in [2.24, 2.45) is 0 Å². The van der Waals surface area contributed by atoms with Crippen LogP contribution in [-0.2, 0) is 17.5 Å². The number of nitrogens with one attached hydrogen (secondary N) is 1. The van der Waals surface area contributed by atoms with Gasteiger partial charge in [0.15, 0.2) is 5.11 Å². The maximum absolute atomic E-state index is 12.8. The van der Waals surface area contributed by atoms with Gasteiger partial charge in [-0.15, -0.1) is 0 Å². The monoisotopic (exact) mass is 375 g/mol. The minimum Gasteiger partial charge on any atom is -0.385 e. The minimum atomic E-state index is -4.30. The molecule has 0 atom stereocenters. The van der Waals surface area contributed by atoms with Gasteiger partial charge in [-0.1, -0.05) is 18.2 Å². The zero-order valence-electron chi connectivity index (χ0n) is 14.3. The largest absolute Gasteiger partial charge is 0.416 e. The van der Waals surface area contributed by atoms with Crippen LogP contribution in [0.1, 0.15) is 17.5 Å². The first-order valence-electron chi connectivity index (χ1n) is 8.30. The van der Waals surface area contributed by atoms with E-state index < -0.39 is 11.7 Å². The summed E-state index contributed by atoms with van der Waals surface area (Å²) in [5.74, 6) is 0. The second kappa shape index (κ2) is 9.35. The smallest absolute Gasteiger partial charge is 0.385 e. The second-order valence-corrected chi connectivity index (χ2v) is 6.43. The molecule has 1 aromatic carbocycles. The van der Waals surface area contributed by atoms with Crippen molar-refractivity contribution in [3.8, 4) is 0 Å². The molecule has 8 heteroatoms. The number of nitrogens with zero attached hydrogens (tertiary/aromatic N) is 2. The molecule has 1 aromatic rings. The van der Waals surface area contributed by atoms with Gasteiger partial charge in [0.1, 0.15) is 0 Å². The zero-order valence-corrected chi connectivity index (χ0v) is 15.1. The summed E-state index contributed by atoms with van der Waals surface area (Å²) in [7, 11) is 1.67. The van der Waals surface area contributed by atoms with Crippen molar-refractivity contribution in [3.05, 3.63) is 35.4 Å². The molecular formula is C17H24F3N3OS. The van der Waals surface area contributed by atoms with Crippen molar-refractivity contribution < 1.29 is 17.9 Å². The van der Waals surface area contributed by atoms with Crippen LogP contribution < -0.4 is 5.32 Å². The Morgan fingerprint density at radius 3 is 2.60 bits per heavy atom. The van der Waals surface area contributed by atoms with E-state index in [9.17, 15) is 13.2 Å². The van der Waals surface area contributed by atoms with Crippen LogP contribution in [0.4, 0.5) is 13.2 Å². The first kappa shape index (κ1) is 19.9. The predicted molar refractivity (Wildman–Crippen MR) is 95.4 cm³/mol. The topological polar surface area (TPSA) is 27.7 Å². The van der Waals surface area contributed by atoms with Gasteiger partial charge in [0, 0.05) is 53.0 Å². The normalized spacial score (nSPS) is 16.1. The maximum atomic E-state index is 12.8. The van der Waals surface area contributed by atoms with E-state index in [2.05, 4.69) is 15.1 Å². The lowest BCUT2D eigenvalue weighted by Gasteiger charge is -2.36. The lowest BCUT2D eigenvalue weighted by molar-refractivity contribution is -0.137. The Balaban J connectivity index is 1.78. The molecule has 2 rings (SSSR count). The van der Waals surface area contributed by atoms with Crippen LogP contribution in [0, 0.1) is 0 Å². The third-order valence-electron chi connectivity index (χ3n) is 4.12. The zero-order chi connectivity index (χ0) is 18.3. The second-order valence-electron chi connectivity index (χ2n) is 6.04. The van der Waals surface area contributed by atoms with Crippen molar-refractivity contribution in [3.63, 3.8) is 0 Å².